The summed E-state index contributed by atoms with van der Waals surface area (Å²) in [5, 5.41) is 3.14. The van der Waals surface area contributed by atoms with Crippen molar-refractivity contribution in [1.82, 2.24) is 15.3 Å². The van der Waals surface area contributed by atoms with Crippen molar-refractivity contribution in [3.63, 3.8) is 0 Å². The molecule has 0 bridgehead atoms. The Kier molecular flexibility index (Phi) is 7.88. The normalized spacial score (nSPS) is 10.2. The molecular formula is C18H21N3O4S. The van der Waals surface area contributed by atoms with Gasteiger partial charge in [0.25, 0.3) is 5.91 Å². The van der Waals surface area contributed by atoms with Crippen LogP contribution in [0.25, 0.3) is 0 Å². The maximum absolute atomic E-state index is 11.7. The quantitative estimate of drug-likeness (QED) is 0.310. The van der Waals surface area contributed by atoms with Crippen molar-refractivity contribution >= 4 is 23.6 Å². The highest BCUT2D eigenvalue weighted by molar-refractivity contribution is 7.99. The second-order valence-corrected chi connectivity index (χ2v) is 6.34. The van der Waals surface area contributed by atoms with Gasteiger partial charge in [0, 0.05) is 11.4 Å². The zero-order valence-electron chi connectivity index (χ0n) is 14.7. The third-order valence-electron chi connectivity index (χ3n) is 3.08. The van der Waals surface area contributed by atoms with Crippen molar-refractivity contribution < 1.29 is 19.1 Å². The van der Waals surface area contributed by atoms with Crippen LogP contribution < -0.4 is 10.1 Å². The van der Waals surface area contributed by atoms with Gasteiger partial charge in [0.2, 0.25) is 0 Å². The molecule has 0 saturated heterocycles. The van der Waals surface area contributed by atoms with Gasteiger partial charge in [-0.1, -0.05) is 30.0 Å². The number of carbonyl (C=O) groups excluding carboxylic acids is 2. The van der Waals surface area contributed by atoms with Crippen molar-refractivity contribution in [2.75, 3.05) is 25.5 Å². The fourth-order valence-electron chi connectivity index (χ4n) is 2.00. The van der Waals surface area contributed by atoms with Crippen LogP contribution >= 0.6 is 11.8 Å². The number of esters is 1. The van der Waals surface area contributed by atoms with Crippen molar-refractivity contribution in [2.45, 2.75) is 19.0 Å². The van der Waals surface area contributed by atoms with E-state index < -0.39 is 5.97 Å². The summed E-state index contributed by atoms with van der Waals surface area (Å²) < 4.78 is 10.4. The maximum atomic E-state index is 11.7. The van der Waals surface area contributed by atoms with E-state index in [9.17, 15) is 9.59 Å². The van der Waals surface area contributed by atoms with Gasteiger partial charge in [-0.05, 0) is 32.0 Å². The van der Waals surface area contributed by atoms with Crippen LogP contribution in [0.3, 0.4) is 0 Å². The predicted molar refractivity (Wildman–Crippen MR) is 98.1 cm³/mol. The minimum absolute atomic E-state index is 0.0489. The van der Waals surface area contributed by atoms with E-state index in [0.717, 1.165) is 17.1 Å². The topological polar surface area (TPSA) is 90.4 Å². The Bertz CT molecular complexity index is 720. The Morgan fingerprint density at radius 3 is 2.50 bits per heavy atom. The van der Waals surface area contributed by atoms with Gasteiger partial charge < -0.3 is 14.8 Å². The molecule has 0 radical (unpaired) electrons. The van der Waals surface area contributed by atoms with E-state index in [1.807, 2.05) is 50.2 Å². The lowest BCUT2D eigenvalue weighted by molar-refractivity contribution is -0.145. The zero-order valence-corrected chi connectivity index (χ0v) is 15.5. The Labute approximate surface area is 156 Å². The molecule has 2 aromatic rings. The first-order valence-corrected chi connectivity index (χ1v) is 9.07. The first kappa shape index (κ1) is 19.7. The van der Waals surface area contributed by atoms with Crippen LogP contribution in [0, 0.1) is 13.8 Å². The first-order chi connectivity index (χ1) is 12.5. The van der Waals surface area contributed by atoms with E-state index in [2.05, 4.69) is 15.3 Å². The minimum Gasteiger partial charge on any atom is -0.492 e. The highest BCUT2D eigenvalue weighted by Gasteiger charge is 2.10. The van der Waals surface area contributed by atoms with Crippen molar-refractivity contribution in [1.29, 1.82) is 0 Å². The first-order valence-electron chi connectivity index (χ1n) is 8.08. The SMILES string of the molecule is Cc1cc(C)nc(SCC(=O)OCC(=O)NCCOc2ccccc2)n1. The molecule has 7 nitrogen and oxygen atoms in total. The van der Waals surface area contributed by atoms with E-state index in [0.29, 0.717) is 18.3 Å². The molecular weight excluding hydrogens is 354 g/mol. The summed E-state index contributed by atoms with van der Waals surface area (Å²) in [4.78, 5) is 31.8. The Hall–Kier alpha value is -2.61. The molecule has 26 heavy (non-hydrogen) atoms. The Balaban J connectivity index is 1.58. The van der Waals surface area contributed by atoms with Gasteiger partial charge in [0.05, 0.1) is 12.3 Å². The number of para-hydroxylation sites is 1. The Morgan fingerprint density at radius 1 is 1.12 bits per heavy atom. The molecule has 1 aromatic carbocycles. The van der Waals surface area contributed by atoms with E-state index >= 15 is 0 Å². The number of benzene rings is 1. The lowest BCUT2D eigenvalue weighted by atomic mass is 10.3. The van der Waals surface area contributed by atoms with Gasteiger partial charge in [-0.25, -0.2) is 9.97 Å². The summed E-state index contributed by atoms with van der Waals surface area (Å²) in [6, 6.07) is 11.2. The minimum atomic E-state index is -0.492. The van der Waals surface area contributed by atoms with Gasteiger partial charge in [-0.15, -0.1) is 0 Å². The van der Waals surface area contributed by atoms with Gasteiger partial charge >= 0.3 is 5.97 Å². The molecule has 1 heterocycles. The number of ether oxygens (including phenoxy) is 2. The molecule has 0 spiro atoms. The number of aromatic nitrogens is 2. The lowest BCUT2D eigenvalue weighted by Gasteiger charge is -2.08. The van der Waals surface area contributed by atoms with Crippen LogP contribution in [0.2, 0.25) is 0 Å². The molecule has 1 aromatic heterocycles. The number of hydrogen-bond acceptors (Lipinski definition) is 7. The second-order valence-electron chi connectivity index (χ2n) is 5.39. The van der Waals surface area contributed by atoms with E-state index in [-0.39, 0.29) is 18.3 Å². The third-order valence-corrected chi connectivity index (χ3v) is 3.90. The molecule has 138 valence electrons. The molecule has 0 fully saturated rings. The number of thioether (sulfide) groups is 1. The molecule has 0 aliphatic heterocycles. The summed E-state index contributed by atoms with van der Waals surface area (Å²) in [5.74, 6) is -0.0808. The molecule has 1 N–H and O–H groups in total. The number of rotatable bonds is 9. The van der Waals surface area contributed by atoms with Crippen LogP contribution in [0.4, 0.5) is 0 Å². The predicted octanol–water partition coefficient (Wildman–Crippen LogP) is 1.92. The largest absolute Gasteiger partial charge is 0.492 e. The maximum Gasteiger partial charge on any atom is 0.316 e. The number of hydrogen-bond donors (Lipinski definition) is 1. The fraction of sp³-hybridized carbons (Fsp3) is 0.333. The van der Waals surface area contributed by atoms with Crippen molar-refractivity contribution in [3.8, 4) is 5.75 Å². The average molecular weight is 375 g/mol. The molecule has 0 saturated carbocycles. The second kappa shape index (κ2) is 10.4. The standard InChI is InChI=1S/C18H21N3O4S/c1-13-10-14(2)21-18(20-13)26-12-17(23)25-11-16(22)19-8-9-24-15-6-4-3-5-7-15/h3-7,10H,8-9,11-12H2,1-2H3,(H,19,22). The number of carbonyl (C=O) groups is 2. The number of amides is 1. The van der Waals surface area contributed by atoms with Crippen LogP contribution in [0.15, 0.2) is 41.6 Å². The lowest BCUT2D eigenvalue weighted by Crippen LogP contribution is -2.32. The molecule has 2 rings (SSSR count). The highest BCUT2D eigenvalue weighted by atomic mass is 32.2. The summed E-state index contributed by atoms with van der Waals surface area (Å²) in [6.07, 6.45) is 0. The fourth-order valence-corrected chi connectivity index (χ4v) is 2.74. The monoisotopic (exact) mass is 375 g/mol. The van der Waals surface area contributed by atoms with Crippen LogP contribution in [-0.4, -0.2) is 47.4 Å². The number of aryl methyl sites for hydroxylation is 2. The molecule has 1 amide bonds. The van der Waals surface area contributed by atoms with Crippen LogP contribution in [0.1, 0.15) is 11.4 Å². The third kappa shape index (κ3) is 7.52. The number of nitrogens with one attached hydrogen (secondary N) is 1. The zero-order chi connectivity index (χ0) is 18.8. The van der Waals surface area contributed by atoms with Gasteiger partial charge in [-0.3, -0.25) is 9.59 Å². The van der Waals surface area contributed by atoms with Crippen molar-refractivity contribution in [2.24, 2.45) is 0 Å². The highest BCUT2D eigenvalue weighted by Crippen LogP contribution is 2.14. The smallest absolute Gasteiger partial charge is 0.316 e. The molecule has 0 aliphatic carbocycles. The summed E-state index contributed by atoms with van der Waals surface area (Å²) in [6.45, 7) is 4.07. The van der Waals surface area contributed by atoms with E-state index in [1.54, 1.807) is 0 Å². The summed E-state index contributed by atoms with van der Waals surface area (Å²) in [7, 11) is 0. The summed E-state index contributed by atoms with van der Waals surface area (Å²) in [5.41, 5.74) is 1.68. The summed E-state index contributed by atoms with van der Waals surface area (Å²) >= 11 is 1.18. The van der Waals surface area contributed by atoms with E-state index in [4.69, 9.17) is 9.47 Å². The van der Waals surface area contributed by atoms with Crippen LogP contribution in [0.5, 0.6) is 5.75 Å². The molecule has 0 unspecified atom stereocenters. The van der Waals surface area contributed by atoms with Gasteiger partial charge in [0.1, 0.15) is 12.4 Å². The number of nitrogens with zero attached hydrogens (tertiary/aromatic N) is 2. The molecule has 8 heteroatoms. The molecule has 0 atom stereocenters. The average Bonchev–Trinajstić information content (AvgIpc) is 2.62. The van der Waals surface area contributed by atoms with Gasteiger partial charge in [-0.2, -0.15) is 0 Å². The van der Waals surface area contributed by atoms with Gasteiger partial charge in [0.15, 0.2) is 11.8 Å². The Morgan fingerprint density at radius 2 is 1.81 bits per heavy atom. The van der Waals surface area contributed by atoms with Crippen LogP contribution in [-0.2, 0) is 14.3 Å². The van der Waals surface area contributed by atoms with E-state index in [1.165, 1.54) is 11.8 Å². The van der Waals surface area contributed by atoms with Crippen molar-refractivity contribution in [3.05, 3.63) is 47.8 Å². The molecule has 0 aliphatic rings.